The van der Waals surface area contributed by atoms with Crippen LogP contribution in [0.4, 0.5) is 5.82 Å². The number of rotatable bonds is 3. The number of benzene rings is 1. The summed E-state index contributed by atoms with van der Waals surface area (Å²) < 4.78 is 1.08. The van der Waals surface area contributed by atoms with Crippen molar-refractivity contribution in [2.24, 2.45) is 0 Å². The highest BCUT2D eigenvalue weighted by atomic mass is 35.5. The predicted octanol–water partition coefficient (Wildman–Crippen LogP) is 1.50. The van der Waals surface area contributed by atoms with Crippen LogP contribution < -0.4 is 5.73 Å². The highest BCUT2D eigenvalue weighted by Gasteiger charge is 2.16. The number of carbonyl (C=O) groups is 2. The van der Waals surface area contributed by atoms with Crippen LogP contribution in [0.15, 0.2) is 24.3 Å². The van der Waals surface area contributed by atoms with Gasteiger partial charge in [-0.3, -0.25) is 0 Å². The highest BCUT2D eigenvalue weighted by molar-refractivity contribution is 6.32. The van der Waals surface area contributed by atoms with Gasteiger partial charge < -0.3 is 15.9 Å². The number of carboxylic acids is 2. The van der Waals surface area contributed by atoms with Crippen molar-refractivity contribution in [2.75, 3.05) is 5.73 Å². The third-order valence-electron chi connectivity index (χ3n) is 2.38. The van der Waals surface area contributed by atoms with E-state index in [0.717, 1.165) is 10.7 Å². The number of nitrogens with zero attached hydrogens (tertiary/aromatic N) is 2. The molecule has 98 valence electrons. The fourth-order valence-electron chi connectivity index (χ4n) is 1.50. The van der Waals surface area contributed by atoms with Gasteiger partial charge in [-0.1, -0.05) is 11.6 Å². The number of aromatic carboxylic acids is 2. The minimum atomic E-state index is -1.24. The third-order valence-corrected chi connectivity index (χ3v) is 2.70. The Morgan fingerprint density at radius 1 is 1.21 bits per heavy atom. The normalized spacial score (nSPS) is 10.4. The number of carboxylic acid groups (broad SMARTS) is 2. The molecule has 8 heteroatoms. The van der Waals surface area contributed by atoms with E-state index < -0.39 is 11.9 Å². The van der Waals surface area contributed by atoms with Crippen molar-refractivity contribution in [2.45, 2.75) is 0 Å². The van der Waals surface area contributed by atoms with Gasteiger partial charge in [0.1, 0.15) is 5.82 Å². The van der Waals surface area contributed by atoms with Gasteiger partial charge in [-0.15, -0.1) is 0 Å². The van der Waals surface area contributed by atoms with Crippen LogP contribution in [-0.2, 0) is 0 Å². The summed E-state index contributed by atoms with van der Waals surface area (Å²) in [5, 5.41) is 21.7. The fourth-order valence-corrected chi connectivity index (χ4v) is 1.70. The lowest BCUT2D eigenvalue weighted by molar-refractivity contribution is 0.0681. The molecule has 0 atom stereocenters. The van der Waals surface area contributed by atoms with Crippen LogP contribution in [-0.4, -0.2) is 31.9 Å². The van der Waals surface area contributed by atoms with Gasteiger partial charge in [0.05, 0.1) is 16.3 Å². The molecule has 0 saturated heterocycles. The molecule has 1 aromatic carbocycles. The maximum absolute atomic E-state index is 10.9. The van der Waals surface area contributed by atoms with E-state index in [1.807, 2.05) is 0 Å². The molecular weight excluding hydrogens is 274 g/mol. The number of halogens is 1. The zero-order valence-corrected chi connectivity index (χ0v) is 10.1. The van der Waals surface area contributed by atoms with Gasteiger partial charge in [-0.25, -0.2) is 14.3 Å². The summed E-state index contributed by atoms with van der Waals surface area (Å²) in [5.41, 5.74) is 5.57. The number of nitrogens with two attached hydrogens (primary N) is 1. The van der Waals surface area contributed by atoms with Crippen molar-refractivity contribution in [1.82, 2.24) is 9.78 Å². The summed E-state index contributed by atoms with van der Waals surface area (Å²) in [6, 6.07) is 5.12. The molecule has 0 spiro atoms. The summed E-state index contributed by atoms with van der Waals surface area (Å²) in [4.78, 5) is 21.7. The van der Waals surface area contributed by atoms with Crippen LogP contribution in [0.25, 0.3) is 5.69 Å². The van der Waals surface area contributed by atoms with Gasteiger partial charge >= 0.3 is 11.9 Å². The zero-order valence-electron chi connectivity index (χ0n) is 9.37. The Morgan fingerprint density at radius 3 is 2.42 bits per heavy atom. The Kier molecular flexibility index (Phi) is 3.14. The Labute approximate surface area is 111 Å². The first-order valence-electron chi connectivity index (χ1n) is 5.02. The molecule has 4 N–H and O–H groups in total. The van der Waals surface area contributed by atoms with E-state index in [1.54, 1.807) is 0 Å². The molecule has 0 unspecified atom stereocenters. The van der Waals surface area contributed by atoms with E-state index >= 15 is 0 Å². The second kappa shape index (κ2) is 4.62. The van der Waals surface area contributed by atoms with Crippen LogP contribution in [0.1, 0.15) is 20.8 Å². The molecule has 7 nitrogen and oxygen atoms in total. The smallest absolute Gasteiger partial charge is 0.356 e. The van der Waals surface area contributed by atoms with Gasteiger partial charge in [-0.2, -0.15) is 5.10 Å². The molecule has 1 heterocycles. The van der Waals surface area contributed by atoms with Crippen molar-refractivity contribution >= 4 is 29.4 Å². The largest absolute Gasteiger partial charge is 0.478 e. The number of anilines is 1. The molecule has 0 bridgehead atoms. The van der Waals surface area contributed by atoms with Gasteiger partial charge in [0, 0.05) is 6.07 Å². The topological polar surface area (TPSA) is 118 Å². The van der Waals surface area contributed by atoms with Crippen molar-refractivity contribution in [1.29, 1.82) is 0 Å². The lowest BCUT2D eigenvalue weighted by Gasteiger charge is -2.07. The zero-order chi connectivity index (χ0) is 14.2. The average Bonchev–Trinajstić information content (AvgIpc) is 2.72. The van der Waals surface area contributed by atoms with Crippen molar-refractivity contribution in [3.8, 4) is 5.69 Å². The molecule has 0 aliphatic rings. The van der Waals surface area contributed by atoms with Gasteiger partial charge in [0.15, 0.2) is 5.69 Å². The Balaban J connectivity index is 2.61. The first kappa shape index (κ1) is 12.9. The van der Waals surface area contributed by atoms with E-state index in [-0.39, 0.29) is 27.8 Å². The molecule has 2 rings (SSSR count). The van der Waals surface area contributed by atoms with E-state index in [2.05, 4.69) is 5.10 Å². The summed E-state index contributed by atoms with van der Waals surface area (Å²) >= 11 is 5.94. The molecule has 0 radical (unpaired) electrons. The Morgan fingerprint density at radius 2 is 1.89 bits per heavy atom. The lowest BCUT2D eigenvalue weighted by Crippen LogP contribution is -2.06. The first-order chi connectivity index (χ1) is 8.90. The second-order valence-electron chi connectivity index (χ2n) is 3.64. The summed E-state index contributed by atoms with van der Waals surface area (Å²) in [6.07, 6.45) is 0. The van der Waals surface area contributed by atoms with E-state index in [4.69, 9.17) is 27.5 Å². The van der Waals surface area contributed by atoms with Gasteiger partial charge in [0.25, 0.3) is 0 Å². The Bertz CT molecular complexity index is 681. The molecular formula is C11H8ClN3O4. The van der Waals surface area contributed by atoms with Crippen LogP contribution >= 0.6 is 11.6 Å². The van der Waals surface area contributed by atoms with Crippen molar-refractivity contribution < 1.29 is 19.8 Å². The molecule has 1 aromatic heterocycles. The van der Waals surface area contributed by atoms with Crippen LogP contribution in [0.5, 0.6) is 0 Å². The van der Waals surface area contributed by atoms with Crippen LogP contribution in [0.3, 0.4) is 0 Å². The molecule has 0 aliphatic carbocycles. The first-order valence-corrected chi connectivity index (χ1v) is 5.40. The minimum absolute atomic E-state index is 0.00817. The number of hydrogen-bond acceptors (Lipinski definition) is 4. The standard InChI is InChI=1S/C11H8ClN3O4/c12-6-2-1-5(10(16)17)3-8(6)15-9(13)4-7(14-15)11(18)19/h1-4H,13H2,(H,16,17)(H,18,19). The average molecular weight is 282 g/mol. The fraction of sp³-hybridized carbons (Fsp3) is 0. The summed E-state index contributed by atoms with van der Waals surface area (Å²) in [7, 11) is 0. The molecule has 0 saturated carbocycles. The maximum Gasteiger partial charge on any atom is 0.356 e. The predicted molar refractivity (Wildman–Crippen MR) is 66.9 cm³/mol. The third kappa shape index (κ3) is 2.36. The lowest BCUT2D eigenvalue weighted by atomic mass is 10.2. The SMILES string of the molecule is Nc1cc(C(=O)O)nn1-c1cc(C(=O)O)ccc1Cl. The second-order valence-corrected chi connectivity index (χ2v) is 4.05. The highest BCUT2D eigenvalue weighted by Crippen LogP contribution is 2.24. The summed E-state index contributed by atoms with van der Waals surface area (Å²) in [5.74, 6) is -2.33. The van der Waals surface area contributed by atoms with Gasteiger partial charge in [-0.05, 0) is 18.2 Å². The molecule has 0 amide bonds. The molecule has 0 fully saturated rings. The van der Waals surface area contributed by atoms with Crippen molar-refractivity contribution in [3.63, 3.8) is 0 Å². The van der Waals surface area contributed by atoms with E-state index in [9.17, 15) is 9.59 Å². The summed E-state index contributed by atoms with van der Waals surface area (Å²) in [6.45, 7) is 0. The number of hydrogen-bond donors (Lipinski definition) is 3. The maximum atomic E-state index is 10.9. The monoisotopic (exact) mass is 281 g/mol. The van der Waals surface area contributed by atoms with Crippen LogP contribution in [0.2, 0.25) is 5.02 Å². The quantitative estimate of drug-likeness (QED) is 0.784. The number of nitrogen functional groups attached to an aromatic ring is 1. The minimum Gasteiger partial charge on any atom is -0.478 e. The van der Waals surface area contributed by atoms with Crippen molar-refractivity contribution in [3.05, 3.63) is 40.5 Å². The van der Waals surface area contributed by atoms with E-state index in [0.29, 0.717) is 0 Å². The number of aromatic nitrogens is 2. The van der Waals surface area contributed by atoms with Crippen LogP contribution in [0, 0.1) is 0 Å². The molecule has 0 aliphatic heterocycles. The molecule has 2 aromatic rings. The van der Waals surface area contributed by atoms with E-state index in [1.165, 1.54) is 18.2 Å². The van der Waals surface area contributed by atoms with Gasteiger partial charge in [0.2, 0.25) is 0 Å². The molecule has 19 heavy (non-hydrogen) atoms. The Hall–Kier alpha value is -2.54.